The molecule has 0 aromatic rings. The molecule has 4 nitrogen and oxygen atoms in total. The number of hydrogen-bond donors (Lipinski definition) is 1. The first-order valence-corrected chi connectivity index (χ1v) is 5.94. The van der Waals surface area contributed by atoms with Gasteiger partial charge in [0.1, 0.15) is 0 Å². The average Bonchev–Trinajstić information content (AvgIpc) is 2.76. The molecule has 0 radical (unpaired) electrons. The Hall–Kier alpha value is -0.610. The minimum atomic E-state index is 0.0842. The van der Waals surface area contributed by atoms with Crippen LogP contribution in [-0.4, -0.2) is 54.6 Å². The smallest absolute Gasteiger partial charge is 0.241 e. The highest BCUT2D eigenvalue weighted by molar-refractivity contribution is 5.84. The number of carbonyl (C=O) groups is 1. The van der Waals surface area contributed by atoms with Crippen LogP contribution in [0.3, 0.4) is 0 Å². The van der Waals surface area contributed by atoms with Gasteiger partial charge >= 0.3 is 0 Å². The zero-order chi connectivity index (χ0) is 10.8. The minimum absolute atomic E-state index is 0.0842. The molecule has 1 amide bonds. The Morgan fingerprint density at radius 2 is 2.33 bits per heavy atom. The molecule has 86 valence electrons. The first-order chi connectivity index (χ1) is 7.22. The van der Waals surface area contributed by atoms with Crippen molar-refractivity contribution in [1.82, 2.24) is 15.1 Å². The van der Waals surface area contributed by atoms with Crippen molar-refractivity contribution in [2.45, 2.75) is 38.3 Å². The second-order valence-corrected chi connectivity index (χ2v) is 4.72. The molecule has 2 aliphatic rings. The van der Waals surface area contributed by atoms with Crippen LogP contribution in [0.4, 0.5) is 0 Å². The van der Waals surface area contributed by atoms with Crippen molar-refractivity contribution in [3.05, 3.63) is 0 Å². The van der Waals surface area contributed by atoms with Gasteiger partial charge in [-0.05, 0) is 26.4 Å². The van der Waals surface area contributed by atoms with Crippen LogP contribution in [0.15, 0.2) is 0 Å². The van der Waals surface area contributed by atoms with E-state index in [9.17, 15) is 4.79 Å². The average molecular weight is 211 g/mol. The summed E-state index contributed by atoms with van der Waals surface area (Å²) in [7, 11) is 2.12. The van der Waals surface area contributed by atoms with Crippen LogP contribution in [0.25, 0.3) is 0 Å². The number of rotatable bonds is 3. The monoisotopic (exact) mass is 211 g/mol. The summed E-state index contributed by atoms with van der Waals surface area (Å²) in [6, 6.07) is 0.526. The van der Waals surface area contributed by atoms with E-state index < -0.39 is 0 Å². The molecule has 15 heavy (non-hydrogen) atoms. The standard InChI is InChI=1S/C11H21N3O/c1-3-4-10-11(15)14(8-12-10)9-5-6-13(2)7-9/h9-10,12H,3-8H2,1-2H3. The van der Waals surface area contributed by atoms with Gasteiger partial charge in [0.2, 0.25) is 5.91 Å². The van der Waals surface area contributed by atoms with Gasteiger partial charge in [0.25, 0.3) is 0 Å². The molecule has 0 aromatic heterocycles. The van der Waals surface area contributed by atoms with E-state index in [1.807, 2.05) is 4.90 Å². The van der Waals surface area contributed by atoms with E-state index in [-0.39, 0.29) is 6.04 Å². The lowest BCUT2D eigenvalue weighted by molar-refractivity contribution is -0.130. The van der Waals surface area contributed by atoms with Crippen molar-refractivity contribution >= 4 is 5.91 Å². The summed E-state index contributed by atoms with van der Waals surface area (Å²) in [5.74, 6) is 0.317. The van der Waals surface area contributed by atoms with Gasteiger partial charge in [-0.15, -0.1) is 0 Å². The van der Waals surface area contributed by atoms with E-state index in [1.165, 1.54) is 0 Å². The van der Waals surface area contributed by atoms with Crippen LogP contribution in [0, 0.1) is 0 Å². The van der Waals surface area contributed by atoms with Crippen molar-refractivity contribution in [3.8, 4) is 0 Å². The van der Waals surface area contributed by atoms with E-state index in [0.29, 0.717) is 11.9 Å². The molecule has 0 aromatic carbocycles. The third kappa shape index (κ3) is 2.16. The zero-order valence-corrected chi connectivity index (χ0v) is 9.70. The van der Waals surface area contributed by atoms with E-state index in [0.717, 1.165) is 39.0 Å². The topological polar surface area (TPSA) is 35.6 Å². The van der Waals surface area contributed by atoms with Gasteiger partial charge in [0.15, 0.2) is 0 Å². The van der Waals surface area contributed by atoms with Crippen molar-refractivity contribution < 1.29 is 4.79 Å². The summed E-state index contributed by atoms with van der Waals surface area (Å²) in [5, 5.41) is 3.31. The third-order valence-electron chi connectivity index (χ3n) is 3.47. The van der Waals surface area contributed by atoms with Crippen molar-refractivity contribution in [2.75, 3.05) is 26.8 Å². The Morgan fingerprint density at radius 1 is 1.53 bits per heavy atom. The summed E-state index contributed by atoms with van der Waals surface area (Å²) in [6.07, 6.45) is 3.17. The second-order valence-electron chi connectivity index (χ2n) is 4.72. The third-order valence-corrected chi connectivity index (χ3v) is 3.47. The molecular weight excluding hydrogens is 190 g/mol. The van der Waals surface area contributed by atoms with Crippen LogP contribution in [0.5, 0.6) is 0 Å². The van der Waals surface area contributed by atoms with Crippen LogP contribution in [0.2, 0.25) is 0 Å². The van der Waals surface area contributed by atoms with Crippen molar-refractivity contribution in [1.29, 1.82) is 0 Å². The predicted molar refractivity (Wildman–Crippen MR) is 59.4 cm³/mol. The van der Waals surface area contributed by atoms with Crippen molar-refractivity contribution in [3.63, 3.8) is 0 Å². The number of nitrogens with zero attached hydrogens (tertiary/aromatic N) is 2. The highest BCUT2D eigenvalue weighted by atomic mass is 16.2. The Labute approximate surface area is 91.6 Å². The molecule has 2 unspecified atom stereocenters. The quantitative estimate of drug-likeness (QED) is 0.727. The van der Waals surface area contributed by atoms with Gasteiger partial charge in [0, 0.05) is 12.6 Å². The fourth-order valence-corrected chi connectivity index (χ4v) is 2.56. The lowest BCUT2D eigenvalue weighted by atomic mass is 10.1. The number of hydrogen-bond acceptors (Lipinski definition) is 3. The minimum Gasteiger partial charge on any atom is -0.324 e. The molecule has 2 rings (SSSR count). The maximum atomic E-state index is 12.0. The summed E-state index contributed by atoms with van der Waals surface area (Å²) in [4.78, 5) is 16.4. The predicted octanol–water partition coefficient (Wildman–Crippen LogP) is 0.249. The largest absolute Gasteiger partial charge is 0.324 e. The fraction of sp³-hybridized carbons (Fsp3) is 0.909. The Bertz CT molecular complexity index is 244. The normalized spacial score (nSPS) is 32.9. The molecule has 2 heterocycles. The SMILES string of the molecule is CCCC1NCN(C2CCN(C)C2)C1=O. The summed E-state index contributed by atoms with van der Waals surface area (Å²) in [6.45, 7) is 5.03. The van der Waals surface area contributed by atoms with Crippen LogP contribution < -0.4 is 5.32 Å². The van der Waals surface area contributed by atoms with Gasteiger partial charge in [-0.3, -0.25) is 10.1 Å². The van der Waals surface area contributed by atoms with Crippen LogP contribution in [-0.2, 0) is 4.79 Å². The Kier molecular flexibility index (Phi) is 3.26. The van der Waals surface area contributed by atoms with E-state index >= 15 is 0 Å². The molecule has 0 spiro atoms. The molecular formula is C11H21N3O. The summed E-state index contributed by atoms with van der Waals surface area (Å²) in [5.41, 5.74) is 0. The first-order valence-electron chi connectivity index (χ1n) is 5.94. The number of carbonyl (C=O) groups excluding carboxylic acids is 1. The van der Waals surface area contributed by atoms with Gasteiger partial charge in [-0.1, -0.05) is 13.3 Å². The van der Waals surface area contributed by atoms with Gasteiger partial charge in [-0.2, -0.15) is 0 Å². The second kappa shape index (κ2) is 4.49. The fourth-order valence-electron chi connectivity index (χ4n) is 2.56. The number of likely N-dealkylation sites (tertiary alicyclic amines) is 1. The number of amides is 1. The van der Waals surface area contributed by atoms with Crippen LogP contribution in [0.1, 0.15) is 26.2 Å². The highest BCUT2D eigenvalue weighted by Crippen LogP contribution is 2.18. The molecule has 2 saturated heterocycles. The number of likely N-dealkylation sites (N-methyl/N-ethyl adjacent to an activating group) is 1. The van der Waals surface area contributed by atoms with Gasteiger partial charge < -0.3 is 9.80 Å². The van der Waals surface area contributed by atoms with Crippen LogP contribution >= 0.6 is 0 Å². The van der Waals surface area contributed by atoms with Gasteiger partial charge in [-0.25, -0.2) is 0 Å². The molecule has 0 aliphatic carbocycles. The van der Waals surface area contributed by atoms with Gasteiger partial charge in [0.05, 0.1) is 12.7 Å². The zero-order valence-electron chi connectivity index (χ0n) is 9.70. The van der Waals surface area contributed by atoms with E-state index in [4.69, 9.17) is 0 Å². The van der Waals surface area contributed by atoms with Crippen molar-refractivity contribution in [2.24, 2.45) is 0 Å². The lowest BCUT2D eigenvalue weighted by Gasteiger charge is -2.23. The first kappa shape index (κ1) is 10.9. The van der Waals surface area contributed by atoms with E-state index in [2.05, 4.69) is 24.2 Å². The molecule has 4 heteroatoms. The molecule has 2 fully saturated rings. The van der Waals surface area contributed by atoms with E-state index in [1.54, 1.807) is 0 Å². The molecule has 0 bridgehead atoms. The Balaban J connectivity index is 1.92. The summed E-state index contributed by atoms with van der Waals surface area (Å²) < 4.78 is 0. The Morgan fingerprint density at radius 3 is 2.93 bits per heavy atom. The molecule has 0 saturated carbocycles. The molecule has 1 N–H and O–H groups in total. The molecule has 2 aliphatic heterocycles. The summed E-state index contributed by atoms with van der Waals surface area (Å²) >= 11 is 0. The highest BCUT2D eigenvalue weighted by Gasteiger charge is 2.36. The maximum Gasteiger partial charge on any atom is 0.241 e. The lowest BCUT2D eigenvalue weighted by Crippen LogP contribution is -2.40. The maximum absolute atomic E-state index is 12.0. The molecule has 2 atom stereocenters. The number of nitrogens with one attached hydrogen (secondary N) is 1.